The summed E-state index contributed by atoms with van der Waals surface area (Å²) in [5, 5.41) is 3.36. The molecule has 0 unspecified atom stereocenters. The lowest BCUT2D eigenvalue weighted by molar-refractivity contribution is 0.681. The van der Waals surface area contributed by atoms with Gasteiger partial charge in [-0.2, -0.15) is 0 Å². The Balaban J connectivity index is 3.11. The molecular formula is C16H28N4. The number of aromatic nitrogens is 2. The summed E-state index contributed by atoms with van der Waals surface area (Å²) in [6, 6.07) is 0. The molecule has 0 aromatic carbocycles. The summed E-state index contributed by atoms with van der Waals surface area (Å²) in [7, 11) is 0. The molecule has 0 aliphatic heterocycles. The molecule has 0 saturated heterocycles. The predicted octanol–water partition coefficient (Wildman–Crippen LogP) is 3.11. The van der Waals surface area contributed by atoms with Crippen molar-refractivity contribution in [2.45, 2.75) is 47.1 Å². The average Bonchev–Trinajstić information content (AvgIpc) is 2.42. The molecule has 0 aliphatic rings. The largest absolute Gasteiger partial charge is 0.365 e. The molecule has 1 rings (SSSR count). The standard InChI is InChI=1S/C16H28N4/c1-7-17-9-14-15(20(8-2)11-12(3)4)10-18-16(19-14)13(5)6/h10,13,17H,3,7-9,11H2,1-2,4-6H3. The smallest absolute Gasteiger partial charge is 0.131 e. The minimum Gasteiger partial charge on any atom is -0.365 e. The molecular weight excluding hydrogens is 248 g/mol. The Morgan fingerprint density at radius 3 is 2.60 bits per heavy atom. The first-order chi connectivity index (χ1) is 9.49. The van der Waals surface area contributed by atoms with Crippen LogP contribution in [0.5, 0.6) is 0 Å². The highest BCUT2D eigenvalue weighted by molar-refractivity contribution is 5.50. The van der Waals surface area contributed by atoms with Crippen LogP contribution in [-0.4, -0.2) is 29.6 Å². The molecule has 4 heteroatoms. The highest BCUT2D eigenvalue weighted by Crippen LogP contribution is 2.21. The second kappa shape index (κ2) is 8.00. The van der Waals surface area contributed by atoms with Crippen molar-refractivity contribution >= 4 is 5.69 Å². The predicted molar refractivity (Wildman–Crippen MR) is 86.2 cm³/mol. The molecule has 0 spiro atoms. The fraction of sp³-hybridized carbons (Fsp3) is 0.625. The lowest BCUT2D eigenvalue weighted by Crippen LogP contribution is -2.28. The summed E-state index contributed by atoms with van der Waals surface area (Å²) in [6.45, 7) is 18.1. The van der Waals surface area contributed by atoms with Crippen LogP contribution in [0.4, 0.5) is 5.69 Å². The molecule has 112 valence electrons. The summed E-state index contributed by atoms with van der Waals surface area (Å²) < 4.78 is 0. The fourth-order valence-corrected chi connectivity index (χ4v) is 2.04. The van der Waals surface area contributed by atoms with Crippen molar-refractivity contribution in [1.29, 1.82) is 0 Å². The molecule has 4 nitrogen and oxygen atoms in total. The number of anilines is 1. The summed E-state index contributed by atoms with van der Waals surface area (Å²) in [6.07, 6.45) is 1.96. The Morgan fingerprint density at radius 2 is 2.10 bits per heavy atom. The molecule has 1 N–H and O–H groups in total. The topological polar surface area (TPSA) is 41.1 Å². The summed E-state index contributed by atoms with van der Waals surface area (Å²) in [5.74, 6) is 1.26. The van der Waals surface area contributed by atoms with Gasteiger partial charge in [0.05, 0.1) is 17.6 Å². The van der Waals surface area contributed by atoms with Crippen molar-refractivity contribution < 1.29 is 0 Å². The van der Waals surface area contributed by atoms with Crippen LogP contribution >= 0.6 is 0 Å². The first kappa shape index (κ1) is 16.6. The van der Waals surface area contributed by atoms with Crippen LogP contribution in [0.3, 0.4) is 0 Å². The van der Waals surface area contributed by atoms with Crippen molar-refractivity contribution in [3.63, 3.8) is 0 Å². The van der Waals surface area contributed by atoms with Gasteiger partial charge in [-0.15, -0.1) is 0 Å². The van der Waals surface area contributed by atoms with Gasteiger partial charge >= 0.3 is 0 Å². The van der Waals surface area contributed by atoms with Crippen molar-refractivity contribution in [3.8, 4) is 0 Å². The van der Waals surface area contributed by atoms with E-state index < -0.39 is 0 Å². The fourth-order valence-electron chi connectivity index (χ4n) is 2.04. The van der Waals surface area contributed by atoms with Gasteiger partial charge in [-0.3, -0.25) is 0 Å². The monoisotopic (exact) mass is 276 g/mol. The molecule has 0 amide bonds. The molecule has 0 fully saturated rings. The molecule has 1 aromatic heterocycles. The van der Waals surface area contributed by atoms with E-state index in [9.17, 15) is 0 Å². The third-order valence-electron chi connectivity index (χ3n) is 3.11. The second-order valence-corrected chi connectivity index (χ2v) is 5.47. The maximum Gasteiger partial charge on any atom is 0.131 e. The van der Waals surface area contributed by atoms with E-state index in [4.69, 9.17) is 4.98 Å². The van der Waals surface area contributed by atoms with Crippen LogP contribution in [0, 0.1) is 0 Å². The number of likely N-dealkylation sites (N-methyl/N-ethyl adjacent to an activating group) is 1. The molecule has 0 atom stereocenters. The Morgan fingerprint density at radius 1 is 1.40 bits per heavy atom. The van der Waals surface area contributed by atoms with Crippen LogP contribution < -0.4 is 10.2 Å². The second-order valence-electron chi connectivity index (χ2n) is 5.47. The molecule has 1 aromatic rings. The molecule has 0 radical (unpaired) electrons. The van der Waals surface area contributed by atoms with E-state index in [2.05, 4.69) is 56.4 Å². The molecule has 1 heterocycles. The highest BCUT2D eigenvalue weighted by atomic mass is 15.1. The zero-order valence-corrected chi connectivity index (χ0v) is 13.5. The lowest BCUT2D eigenvalue weighted by atomic mass is 10.2. The average molecular weight is 276 g/mol. The first-order valence-corrected chi connectivity index (χ1v) is 7.45. The molecule has 0 aliphatic carbocycles. The SMILES string of the molecule is C=C(C)CN(CC)c1cnc(C(C)C)nc1CNCC. The van der Waals surface area contributed by atoms with Gasteiger partial charge in [0.15, 0.2) is 0 Å². The Bertz CT molecular complexity index is 440. The van der Waals surface area contributed by atoms with Gasteiger partial charge in [-0.25, -0.2) is 9.97 Å². The van der Waals surface area contributed by atoms with E-state index in [0.29, 0.717) is 5.92 Å². The maximum absolute atomic E-state index is 4.74. The van der Waals surface area contributed by atoms with Crippen molar-refractivity contribution in [3.05, 3.63) is 29.9 Å². The summed E-state index contributed by atoms with van der Waals surface area (Å²) in [4.78, 5) is 11.5. The van der Waals surface area contributed by atoms with Crippen LogP contribution in [0.1, 0.15) is 52.1 Å². The number of nitrogens with one attached hydrogen (secondary N) is 1. The normalized spacial score (nSPS) is 10.9. The Kier molecular flexibility index (Phi) is 6.65. The van der Waals surface area contributed by atoms with E-state index >= 15 is 0 Å². The number of nitrogens with zero attached hydrogens (tertiary/aromatic N) is 3. The molecule has 0 bridgehead atoms. The summed E-state index contributed by atoms with van der Waals surface area (Å²) in [5.41, 5.74) is 3.34. The van der Waals surface area contributed by atoms with Crippen LogP contribution in [0.25, 0.3) is 0 Å². The van der Waals surface area contributed by atoms with Gasteiger partial charge in [0.2, 0.25) is 0 Å². The van der Waals surface area contributed by atoms with Crippen molar-refractivity contribution in [2.75, 3.05) is 24.5 Å². The van der Waals surface area contributed by atoms with Crippen LogP contribution in [-0.2, 0) is 6.54 Å². The lowest BCUT2D eigenvalue weighted by Gasteiger charge is -2.25. The van der Waals surface area contributed by atoms with Gasteiger partial charge in [0, 0.05) is 25.6 Å². The maximum atomic E-state index is 4.74. The van der Waals surface area contributed by atoms with E-state index in [1.54, 1.807) is 0 Å². The first-order valence-electron chi connectivity index (χ1n) is 7.45. The van der Waals surface area contributed by atoms with Crippen LogP contribution in [0.15, 0.2) is 18.3 Å². The van der Waals surface area contributed by atoms with Gasteiger partial charge in [0.1, 0.15) is 5.82 Å². The number of hydrogen-bond donors (Lipinski definition) is 1. The van der Waals surface area contributed by atoms with Crippen LogP contribution in [0.2, 0.25) is 0 Å². The zero-order valence-electron chi connectivity index (χ0n) is 13.5. The van der Waals surface area contributed by atoms with E-state index in [-0.39, 0.29) is 0 Å². The van der Waals surface area contributed by atoms with E-state index in [1.807, 2.05) is 6.20 Å². The number of hydrogen-bond acceptors (Lipinski definition) is 4. The Hall–Kier alpha value is -1.42. The summed E-state index contributed by atoms with van der Waals surface area (Å²) >= 11 is 0. The Labute approximate surface area is 123 Å². The van der Waals surface area contributed by atoms with Gasteiger partial charge in [0.25, 0.3) is 0 Å². The highest BCUT2D eigenvalue weighted by Gasteiger charge is 2.14. The van der Waals surface area contributed by atoms with E-state index in [1.165, 1.54) is 0 Å². The molecule has 20 heavy (non-hydrogen) atoms. The minimum atomic E-state index is 0.348. The van der Waals surface area contributed by atoms with Gasteiger partial charge in [-0.1, -0.05) is 32.9 Å². The zero-order chi connectivity index (χ0) is 15.1. The quantitative estimate of drug-likeness (QED) is 0.741. The number of rotatable bonds is 8. The minimum absolute atomic E-state index is 0.348. The third kappa shape index (κ3) is 4.60. The van der Waals surface area contributed by atoms with Crippen molar-refractivity contribution in [2.24, 2.45) is 0 Å². The molecule has 0 saturated carbocycles. The third-order valence-corrected chi connectivity index (χ3v) is 3.11. The van der Waals surface area contributed by atoms with Gasteiger partial charge < -0.3 is 10.2 Å². The van der Waals surface area contributed by atoms with Crippen molar-refractivity contribution in [1.82, 2.24) is 15.3 Å². The van der Waals surface area contributed by atoms with Gasteiger partial charge in [-0.05, 0) is 20.4 Å². The van der Waals surface area contributed by atoms with E-state index in [0.717, 1.165) is 49.0 Å².